The van der Waals surface area contributed by atoms with Gasteiger partial charge in [-0.3, -0.25) is 14.5 Å². The second kappa shape index (κ2) is 11.5. The molecule has 0 spiro atoms. The van der Waals surface area contributed by atoms with Crippen molar-refractivity contribution in [3.63, 3.8) is 0 Å². The van der Waals surface area contributed by atoms with Crippen molar-refractivity contribution in [1.82, 2.24) is 9.47 Å². The zero-order valence-corrected chi connectivity index (χ0v) is 22.1. The van der Waals surface area contributed by atoms with Crippen LogP contribution in [0, 0.1) is 0 Å². The van der Waals surface area contributed by atoms with Crippen molar-refractivity contribution in [3.8, 4) is 5.69 Å². The fourth-order valence-corrected chi connectivity index (χ4v) is 5.04. The highest BCUT2D eigenvalue weighted by molar-refractivity contribution is 6.30. The number of amides is 2. The molecular weight excluding hydrogens is 494 g/mol. The van der Waals surface area contributed by atoms with Gasteiger partial charge in [0.15, 0.2) is 0 Å². The summed E-state index contributed by atoms with van der Waals surface area (Å²) in [6, 6.07) is 28.9. The molecule has 2 heterocycles. The van der Waals surface area contributed by atoms with E-state index in [2.05, 4.69) is 11.5 Å². The molecule has 0 radical (unpaired) electrons. The molecule has 0 N–H and O–H groups in total. The summed E-state index contributed by atoms with van der Waals surface area (Å²) in [7, 11) is 0. The van der Waals surface area contributed by atoms with E-state index in [0.29, 0.717) is 11.6 Å². The maximum Gasteiger partial charge on any atom is 0.247 e. The van der Waals surface area contributed by atoms with Gasteiger partial charge in [0.25, 0.3) is 0 Å². The Labute approximate surface area is 228 Å². The van der Waals surface area contributed by atoms with Crippen molar-refractivity contribution in [1.29, 1.82) is 0 Å². The summed E-state index contributed by atoms with van der Waals surface area (Å²) in [6.45, 7) is 2.57. The third-order valence-electron chi connectivity index (χ3n) is 6.81. The number of hydrogen-bond donors (Lipinski definition) is 0. The van der Waals surface area contributed by atoms with E-state index in [-0.39, 0.29) is 24.4 Å². The van der Waals surface area contributed by atoms with E-state index in [1.807, 2.05) is 102 Å². The molecule has 0 fully saturated rings. The summed E-state index contributed by atoms with van der Waals surface area (Å²) in [5, 5.41) is 0.639. The van der Waals surface area contributed by atoms with Gasteiger partial charge in [-0.25, -0.2) is 0 Å². The van der Waals surface area contributed by atoms with Gasteiger partial charge in [0, 0.05) is 23.8 Å². The standard InChI is InChI=1S/C32H30ClN3O2/c1-2-3-21-34(30(37)20-15-24-10-5-4-6-11-24)23-31(38)36-28-13-8-7-12-27(28)35-22-9-14-29(35)32(36)25-16-18-26(33)19-17-25/h4-20,22,32H,2-3,21,23H2,1H3/b20-15+. The zero-order chi connectivity index (χ0) is 26.5. The molecule has 0 saturated heterocycles. The minimum Gasteiger partial charge on any atom is -0.330 e. The van der Waals surface area contributed by atoms with E-state index in [1.165, 1.54) is 0 Å². The van der Waals surface area contributed by atoms with Crippen LogP contribution in [0.4, 0.5) is 5.69 Å². The first kappa shape index (κ1) is 25.6. The number of unbranched alkanes of at least 4 members (excludes halogenated alkanes) is 1. The average Bonchev–Trinajstić information content (AvgIpc) is 3.44. The number of rotatable bonds is 8. The van der Waals surface area contributed by atoms with E-state index in [4.69, 9.17) is 11.6 Å². The number of nitrogens with zero attached hydrogens (tertiary/aromatic N) is 3. The number of carbonyl (C=O) groups is 2. The van der Waals surface area contributed by atoms with Crippen LogP contribution in [0.2, 0.25) is 5.02 Å². The normalized spacial score (nSPS) is 14.3. The highest BCUT2D eigenvalue weighted by atomic mass is 35.5. The van der Waals surface area contributed by atoms with Gasteiger partial charge in [0.1, 0.15) is 12.6 Å². The van der Waals surface area contributed by atoms with Gasteiger partial charge in [0.2, 0.25) is 11.8 Å². The number of fused-ring (bicyclic) bond motifs is 3. The predicted molar refractivity (Wildman–Crippen MR) is 154 cm³/mol. The number of carbonyl (C=O) groups excluding carboxylic acids is 2. The maximum absolute atomic E-state index is 14.2. The summed E-state index contributed by atoms with van der Waals surface area (Å²) in [5.74, 6) is -0.310. The van der Waals surface area contributed by atoms with Crippen LogP contribution < -0.4 is 4.90 Å². The van der Waals surface area contributed by atoms with Gasteiger partial charge in [-0.2, -0.15) is 0 Å². The molecule has 1 unspecified atom stereocenters. The highest BCUT2D eigenvalue weighted by Gasteiger charge is 2.36. The van der Waals surface area contributed by atoms with E-state index < -0.39 is 0 Å². The van der Waals surface area contributed by atoms with Crippen LogP contribution in [0.1, 0.15) is 42.6 Å². The molecule has 5 rings (SSSR count). The lowest BCUT2D eigenvalue weighted by atomic mass is 9.97. The molecule has 38 heavy (non-hydrogen) atoms. The first-order chi connectivity index (χ1) is 18.6. The third-order valence-corrected chi connectivity index (χ3v) is 7.06. The molecule has 0 saturated carbocycles. The fourth-order valence-electron chi connectivity index (χ4n) is 4.92. The SMILES string of the molecule is CCCCN(CC(=O)N1c2ccccc2-n2cccc2C1c1ccc(Cl)cc1)C(=O)/C=C/c1ccccc1. The Bertz CT molecular complexity index is 1440. The Morgan fingerprint density at radius 3 is 2.34 bits per heavy atom. The Hall–Kier alpha value is -4.09. The quantitative estimate of drug-likeness (QED) is 0.236. The van der Waals surface area contributed by atoms with Crippen LogP contribution in [-0.2, 0) is 9.59 Å². The molecule has 192 valence electrons. The largest absolute Gasteiger partial charge is 0.330 e. The average molecular weight is 524 g/mol. The first-order valence-corrected chi connectivity index (χ1v) is 13.3. The van der Waals surface area contributed by atoms with Crippen molar-refractivity contribution in [3.05, 3.63) is 125 Å². The van der Waals surface area contributed by atoms with Crippen LogP contribution in [0.25, 0.3) is 11.8 Å². The van der Waals surface area contributed by atoms with Gasteiger partial charge in [0.05, 0.1) is 17.1 Å². The Morgan fingerprint density at radius 1 is 0.895 bits per heavy atom. The second-order valence-corrected chi connectivity index (χ2v) is 9.80. The molecule has 1 aliphatic rings. The molecule has 0 aliphatic carbocycles. The fraction of sp³-hybridized carbons (Fsp3) is 0.188. The van der Waals surface area contributed by atoms with Crippen molar-refractivity contribution in [2.45, 2.75) is 25.8 Å². The maximum atomic E-state index is 14.2. The Kier molecular flexibility index (Phi) is 7.75. The molecule has 3 aromatic carbocycles. The summed E-state index contributed by atoms with van der Waals surface area (Å²) in [5.41, 5.74) is 4.61. The molecular formula is C32H30ClN3O2. The van der Waals surface area contributed by atoms with Crippen molar-refractivity contribution < 1.29 is 9.59 Å². The van der Waals surface area contributed by atoms with Crippen LogP contribution in [0.3, 0.4) is 0 Å². The van der Waals surface area contributed by atoms with E-state index in [9.17, 15) is 9.59 Å². The third kappa shape index (κ3) is 5.29. The van der Waals surface area contributed by atoms with Crippen LogP contribution >= 0.6 is 11.6 Å². The molecule has 6 heteroatoms. The van der Waals surface area contributed by atoms with E-state index in [1.54, 1.807) is 17.1 Å². The lowest BCUT2D eigenvalue weighted by Gasteiger charge is -2.39. The summed E-state index contributed by atoms with van der Waals surface area (Å²) in [6.07, 6.45) is 7.12. The summed E-state index contributed by atoms with van der Waals surface area (Å²) < 4.78 is 2.13. The number of aromatic nitrogens is 1. The lowest BCUT2D eigenvalue weighted by molar-refractivity contribution is -0.131. The monoisotopic (exact) mass is 523 g/mol. The predicted octanol–water partition coefficient (Wildman–Crippen LogP) is 6.91. The highest BCUT2D eigenvalue weighted by Crippen LogP contribution is 2.42. The van der Waals surface area contributed by atoms with Crippen molar-refractivity contribution in [2.75, 3.05) is 18.0 Å². The topological polar surface area (TPSA) is 45.6 Å². The van der Waals surface area contributed by atoms with Gasteiger partial charge in [-0.1, -0.05) is 79.5 Å². The molecule has 1 atom stereocenters. The molecule has 2 amide bonds. The van der Waals surface area contributed by atoms with Gasteiger partial charge in [-0.15, -0.1) is 0 Å². The number of anilines is 1. The molecule has 0 bridgehead atoms. The van der Waals surface area contributed by atoms with Crippen LogP contribution in [-0.4, -0.2) is 34.4 Å². The lowest BCUT2D eigenvalue weighted by Crippen LogP contribution is -2.46. The molecule has 5 nitrogen and oxygen atoms in total. The molecule has 1 aliphatic heterocycles. The van der Waals surface area contributed by atoms with Crippen LogP contribution in [0.15, 0.2) is 103 Å². The smallest absolute Gasteiger partial charge is 0.247 e. The van der Waals surface area contributed by atoms with Gasteiger partial charge in [-0.05, 0) is 60.0 Å². The molecule has 1 aromatic heterocycles. The Balaban J connectivity index is 1.50. The van der Waals surface area contributed by atoms with Gasteiger partial charge < -0.3 is 9.47 Å². The van der Waals surface area contributed by atoms with Crippen LogP contribution in [0.5, 0.6) is 0 Å². The van der Waals surface area contributed by atoms with Gasteiger partial charge >= 0.3 is 0 Å². The summed E-state index contributed by atoms with van der Waals surface area (Å²) >= 11 is 6.20. The Morgan fingerprint density at radius 2 is 1.61 bits per heavy atom. The molecule has 4 aromatic rings. The minimum absolute atomic E-state index is 0.0168. The number of hydrogen-bond acceptors (Lipinski definition) is 2. The summed E-state index contributed by atoms with van der Waals surface area (Å²) in [4.78, 5) is 30.9. The van der Waals surface area contributed by atoms with E-state index >= 15 is 0 Å². The second-order valence-electron chi connectivity index (χ2n) is 9.37. The van der Waals surface area contributed by atoms with E-state index in [0.717, 1.165) is 41.0 Å². The number of benzene rings is 3. The van der Waals surface area contributed by atoms with Crippen molar-refractivity contribution in [2.24, 2.45) is 0 Å². The zero-order valence-electron chi connectivity index (χ0n) is 21.3. The van der Waals surface area contributed by atoms with Crippen molar-refractivity contribution >= 4 is 35.2 Å². The number of para-hydroxylation sites is 2. The minimum atomic E-state index is -0.354. The number of halogens is 1. The first-order valence-electron chi connectivity index (χ1n) is 12.9.